The van der Waals surface area contributed by atoms with E-state index in [2.05, 4.69) is 21.3 Å². The van der Waals surface area contributed by atoms with E-state index in [0.717, 1.165) is 11.4 Å². The van der Waals surface area contributed by atoms with Gasteiger partial charge in [0.15, 0.2) is 10.9 Å². The minimum Gasteiger partial charge on any atom is -0.383 e. The Morgan fingerprint density at radius 3 is 2.75 bits per heavy atom. The quantitative estimate of drug-likeness (QED) is 0.221. The first kappa shape index (κ1) is 22.0. The maximum atomic E-state index is 13.0. The molecule has 9 heteroatoms. The van der Waals surface area contributed by atoms with Gasteiger partial charge in [-0.3, -0.25) is 18.6 Å². The lowest BCUT2D eigenvalue weighted by molar-refractivity contribution is 0.102. The monoisotopic (exact) mass is 451 g/mol. The molecule has 3 aromatic heterocycles. The fraction of sp³-hybridized carbons (Fsp3) is 0.304. The van der Waals surface area contributed by atoms with E-state index in [0.29, 0.717) is 47.1 Å². The third-order valence-electron chi connectivity index (χ3n) is 5.52. The van der Waals surface area contributed by atoms with Gasteiger partial charge in [0.2, 0.25) is 5.78 Å². The predicted molar refractivity (Wildman–Crippen MR) is 126 cm³/mol. The largest absolute Gasteiger partial charge is 0.383 e. The predicted octanol–water partition coefficient (Wildman–Crippen LogP) is 3.27. The van der Waals surface area contributed by atoms with E-state index >= 15 is 0 Å². The van der Waals surface area contributed by atoms with Gasteiger partial charge >= 0.3 is 0 Å². The van der Waals surface area contributed by atoms with Gasteiger partial charge in [-0.15, -0.1) is 16.8 Å². The van der Waals surface area contributed by atoms with Gasteiger partial charge in [-0.1, -0.05) is 30.0 Å². The first-order valence-electron chi connectivity index (χ1n) is 10.3. The molecule has 0 saturated carbocycles. The lowest BCUT2D eigenvalue weighted by Crippen LogP contribution is -2.22. The van der Waals surface area contributed by atoms with Crippen LogP contribution in [0.3, 0.4) is 0 Å². The first-order valence-corrected chi connectivity index (χ1v) is 11.3. The van der Waals surface area contributed by atoms with Crippen LogP contribution < -0.4 is 5.56 Å². The maximum absolute atomic E-state index is 13.0. The van der Waals surface area contributed by atoms with Crippen molar-refractivity contribution < 1.29 is 9.53 Å². The molecule has 32 heavy (non-hydrogen) atoms. The number of nitrogens with zero attached hydrogens (tertiary/aromatic N) is 5. The van der Waals surface area contributed by atoms with Crippen molar-refractivity contribution in [2.75, 3.05) is 19.5 Å². The number of carbonyl (C=O) groups excluding carboxylic acids is 1. The molecule has 166 valence electrons. The number of Topliss-reactive ketones (excluding diaryl/α,β-unsaturated/α-hetero) is 1. The Hall–Kier alpha value is -3.17. The van der Waals surface area contributed by atoms with Crippen LogP contribution in [0.2, 0.25) is 0 Å². The number of hydrogen-bond acceptors (Lipinski definition) is 6. The average Bonchev–Trinajstić information content (AvgIpc) is 3.34. The number of carbonyl (C=O) groups is 1. The smallest absolute Gasteiger partial charge is 0.263 e. The second kappa shape index (κ2) is 9.13. The summed E-state index contributed by atoms with van der Waals surface area (Å²) >= 11 is 1.31. The summed E-state index contributed by atoms with van der Waals surface area (Å²) in [6.45, 7) is 9.30. The highest BCUT2D eigenvalue weighted by Gasteiger charge is 2.19. The minimum atomic E-state index is -0.142. The summed E-state index contributed by atoms with van der Waals surface area (Å²) in [4.78, 5) is 25.9. The van der Waals surface area contributed by atoms with Crippen LogP contribution in [-0.4, -0.2) is 49.0 Å². The molecule has 0 spiro atoms. The fourth-order valence-corrected chi connectivity index (χ4v) is 4.76. The Bertz CT molecular complexity index is 1380. The number of rotatable bonds is 9. The Morgan fingerprint density at radius 2 is 2.00 bits per heavy atom. The number of ketones is 1. The molecule has 3 heterocycles. The maximum Gasteiger partial charge on any atom is 0.263 e. The van der Waals surface area contributed by atoms with Crippen LogP contribution in [0, 0.1) is 13.8 Å². The molecule has 0 N–H and O–H groups in total. The van der Waals surface area contributed by atoms with Gasteiger partial charge < -0.3 is 9.30 Å². The molecule has 0 aliphatic heterocycles. The molecule has 4 aromatic rings. The van der Waals surface area contributed by atoms with Gasteiger partial charge in [-0.2, -0.15) is 0 Å². The standard InChI is InChI=1S/C23H25N5O3S/c1-5-10-27-21(30)17-8-6-7-9-19(17)28-22(27)24-25-23(28)32-14-20(29)18-13-15(2)26(16(18)3)11-12-31-4/h5-9,13H,1,10-12,14H2,2-4H3. The van der Waals surface area contributed by atoms with Crippen LogP contribution in [0.5, 0.6) is 0 Å². The van der Waals surface area contributed by atoms with E-state index in [-0.39, 0.29) is 17.1 Å². The number of allylic oxidation sites excluding steroid dienone is 1. The summed E-state index contributed by atoms with van der Waals surface area (Å²) in [5, 5.41) is 9.67. The molecular weight excluding hydrogens is 426 g/mol. The third-order valence-corrected chi connectivity index (χ3v) is 6.44. The molecule has 0 amide bonds. The summed E-state index contributed by atoms with van der Waals surface area (Å²) in [7, 11) is 1.66. The van der Waals surface area contributed by atoms with Crippen LogP contribution in [0.4, 0.5) is 0 Å². The molecule has 0 unspecified atom stereocenters. The van der Waals surface area contributed by atoms with Gasteiger partial charge in [-0.05, 0) is 32.0 Å². The fourth-order valence-electron chi connectivity index (χ4n) is 3.94. The minimum absolute atomic E-state index is 0.0206. The number of ether oxygens (including phenoxy) is 1. The van der Waals surface area contributed by atoms with Gasteiger partial charge in [0.05, 0.1) is 23.3 Å². The number of thioether (sulfide) groups is 1. The summed E-state index contributed by atoms with van der Waals surface area (Å²) in [6, 6.07) is 9.26. The normalized spacial score (nSPS) is 11.5. The van der Waals surface area contributed by atoms with Crippen molar-refractivity contribution in [2.24, 2.45) is 0 Å². The van der Waals surface area contributed by atoms with Gasteiger partial charge in [0.1, 0.15) is 0 Å². The molecule has 0 fully saturated rings. The second-order valence-electron chi connectivity index (χ2n) is 7.48. The van der Waals surface area contributed by atoms with E-state index in [4.69, 9.17) is 4.74 Å². The van der Waals surface area contributed by atoms with Crippen LogP contribution in [0.15, 0.2) is 52.9 Å². The number of aromatic nitrogens is 5. The van der Waals surface area contributed by atoms with Gasteiger partial charge in [-0.25, -0.2) is 0 Å². The summed E-state index contributed by atoms with van der Waals surface area (Å²) in [5.41, 5.74) is 3.23. The molecule has 0 aliphatic carbocycles. The highest BCUT2D eigenvalue weighted by Crippen LogP contribution is 2.24. The second-order valence-corrected chi connectivity index (χ2v) is 8.42. The third kappa shape index (κ3) is 3.78. The van der Waals surface area contributed by atoms with Crippen molar-refractivity contribution in [3.63, 3.8) is 0 Å². The lowest BCUT2D eigenvalue weighted by Gasteiger charge is -2.10. The van der Waals surface area contributed by atoms with E-state index in [1.165, 1.54) is 16.3 Å². The highest BCUT2D eigenvalue weighted by atomic mass is 32.2. The van der Waals surface area contributed by atoms with Crippen molar-refractivity contribution in [2.45, 2.75) is 32.1 Å². The van der Waals surface area contributed by atoms with Crippen molar-refractivity contribution in [1.82, 2.24) is 23.7 Å². The Kier molecular flexibility index (Phi) is 6.29. The van der Waals surface area contributed by atoms with Crippen molar-refractivity contribution in [3.8, 4) is 0 Å². The number of aryl methyl sites for hydroxylation is 1. The van der Waals surface area contributed by atoms with Gasteiger partial charge in [0, 0.05) is 37.2 Å². The van der Waals surface area contributed by atoms with Crippen molar-refractivity contribution in [1.29, 1.82) is 0 Å². The van der Waals surface area contributed by atoms with Crippen LogP contribution in [0.25, 0.3) is 16.7 Å². The molecule has 0 saturated heterocycles. The zero-order valence-corrected chi connectivity index (χ0v) is 19.2. The lowest BCUT2D eigenvalue weighted by atomic mass is 10.2. The van der Waals surface area contributed by atoms with E-state index < -0.39 is 0 Å². The molecular formula is C23H25N5O3S. The molecule has 4 rings (SSSR count). The Balaban J connectivity index is 1.68. The number of hydrogen-bond donors (Lipinski definition) is 0. The topological polar surface area (TPSA) is 83.4 Å². The number of fused-ring (bicyclic) bond motifs is 3. The van der Waals surface area contributed by atoms with E-state index in [1.807, 2.05) is 42.5 Å². The molecule has 0 atom stereocenters. The SMILES string of the molecule is C=CCn1c(=O)c2ccccc2n2c(SCC(=O)c3cc(C)n(CCOC)c3C)nnc12. The molecule has 0 radical (unpaired) electrons. The summed E-state index contributed by atoms with van der Waals surface area (Å²) < 4.78 is 10.6. The van der Waals surface area contributed by atoms with Gasteiger partial charge in [0.25, 0.3) is 5.56 Å². The van der Waals surface area contributed by atoms with Crippen LogP contribution in [-0.2, 0) is 17.8 Å². The summed E-state index contributed by atoms with van der Waals surface area (Å²) in [5.74, 6) is 0.665. The molecule has 0 bridgehead atoms. The van der Waals surface area contributed by atoms with E-state index in [1.54, 1.807) is 19.3 Å². The average molecular weight is 452 g/mol. The zero-order valence-electron chi connectivity index (χ0n) is 18.4. The highest BCUT2D eigenvalue weighted by molar-refractivity contribution is 7.99. The van der Waals surface area contributed by atoms with E-state index in [9.17, 15) is 9.59 Å². The van der Waals surface area contributed by atoms with Crippen molar-refractivity contribution >= 4 is 34.2 Å². The van der Waals surface area contributed by atoms with Crippen LogP contribution >= 0.6 is 11.8 Å². The zero-order chi connectivity index (χ0) is 22.8. The first-order chi connectivity index (χ1) is 15.5. The number of benzene rings is 1. The van der Waals surface area contributed by atoms with Crippen LogP contribution in [0.1, 0.15) is 21.7 Å². The molecule has 8 nitrogen and oxygen atoms in total. The Morgan fingerprint density at radius 1 is 1.22 bits per heavy atom. The summed E-state index contributed by atoms with van der Waals surface area (Å²) in [6.07, 6.45) is 1.65. The molecule has 1 aromatic carbocycles. The Labute approximate surface area is 189 Å². The number of para-hydroxylation sites is 1. The van der Waals surface area contributed by atoms with Crippen molar-refractivity contribution in [3.05, 3.63) is 70.3 Å². The number of methoxy groups -OCH3 is 1. The molecule has 0 aliphatic rings.